The van der Waals surface area contributed by atoms with Crippen LogP contribution >= 0.6 is 34.2 Å². The summed E-state index contributed by atoms with van der Waals surface area (Å²) in [5, 5.41) is 4.08. The van der Waals surface area contributed by atoms with Crippen LogP contribution in [0.25, 0.3) is 0 Å². The largest absolute Gasteiger partial charge is 0.382 e. The van der Waals surface area contributed by atoms with Crippen LogP contribution in [0.3, 0.4) is 0 Å². The normalized spacial score (nSPS) is 10.5. The van der Waals surface area contributed by atoms with Gasteiger partial charge in [-0.3, -0.25) is 0 Å². The van der Waals surface area contributed by atoms with Gasteiger partial charge in [-0.05, 0) is 47.7 Å². The number of anilines is 1. The molecule has 0 spiro atoms. The molecule has 0 saturated carbocycles. The second-order valence-electron chi connectivity index (χ2n) is 3.72. The SMILES string of the molecule is Cc1nccn1CCNc1ccc(I)cc1Cl. The van der Waals surface area contributed by atoms with E-state index in [9.17, 15) is 0 Å². The van der Waals surface area contributed by atoms with Crippen LogP contribution in [0, 0.1) is 10.5 Å². The highest BCUT2D eigenvalue weighted by atomic mass is 127. The topological polar surface area (TPSA) is 29.9 Å². The molecular formula is C12H13ClIN3. The maximum Gasteiger partial charge on any atom is 0.105 e. The van der Waals surface area contributed by atoms with Gasteiger partial charge in [0, 0.05) is 29.1 Å². The van der Waals surface area contributed by atoms with Gasteiger partial charge in [-0.25, -0.2) is 4.98 Å². The smallest absolute Gasteiger partial charge is 0.105 e. The van der Waals surface area contributed by atoms with Crippen molar-refractivity contribution in [3.8, 4) is 0 Å². The van der Waals surface area contributed by atoms with E-state index in [1.54, 1.807) is 0 Å². The molecule has 1 aromatic carbocycles. The molecular weight excluding hydrogens is 349 g/mol. The molecule has 1 N–H and O–H groups in total. The lowest BCUT2D eigenvalue weighted by Gasteiger charge is -2.10. The van der Waals surface area contributed by atoms with E-state index in [0.717, 1.165) is 33.2 Å². The fourth-order valence-corrected chi connectivity index (χ4v) is 2.51. The van der Waals surface area contributed by atoms with Crippen LogP contribution < -0.4 is 5.32 Å². The molecule has 0 aliphatic rings. The van der Waals surface area contributed by atoms with Crippen molar-refractivity contribution in [2.45, 2.75) is 13.5 Å². The van der Waals surface area contributed by atoms with Gasteiger partial charge in [0.1, 0.15) is 5.82 Å². The Hall–Kier alpha value is -0.750. The lowest BCUT2D eigenvalue weighted by molar-refractivity contribution is 0.701. The molecule has 5 heteroatoms. The first-order valence-corrected chi connectivity index (χ1v) is 6.79. The second kappa shape index (κ2) is 5.73. The second-order valence-corrected chi connectivity index (χ2v) is 5.37. The lowest BCUT2D eigenvalue weighted by atomic mass is 10.3. The Morgan fingerprint density at radius 3 is 2.94 bits per heavy atom. The summed E-state index contributed by atoms with van der Waals surface area (Å²) in [5.74, 6) is 1.03. The van der Waals surface area contributed by atoms with Gasteiger partial charge in [-0.1, -0.05) is 11.6 Å². The minimum absolute atomic E-state index is 0.763. The number of nitrogens with zero attached hydrogens (tertiary/aromatic N) is 2. The number of nitrogens with one attached hydrogen (secondary N) is 1. The molecule has 0 saturated heterocycles. The molecule has 0 fully saturated rings. The van der Waals surface area contributed by atoms with E-state index in [2.05, 4.69) is 37.5 Å². The summed E-state index contributed by atoms with van der Waals surface area (Å²) < 4.78 is 3.25. The van der Waals surface area contributed by atoms with Gasteiger partial charge in [0.15, 0.2) is 0 Å². The number of halogens is 2. The average molecular weight is 362 g/mol. The lowest BCUT2D eigenvalue weighted by Crippen LogP contribution is -2.11. The van der Waals surface area contributed by atoms with E-state index in [1.165, 1.54) is 0 Å². The average Bonchev–Trinajstić information content (AvgIpc) is 2.68. The summed E-state index contributed by atoms with van der Waals surface area (Å²) in [6, 6.07) is 6.00. The molecule has 0 aliphatic heterocycles. The Kier molecular flexibility index (Phi) is 4.28. The van der Waals surface area contributed by atoms with Gasteiger partial charge in [-0.15, -0.1) is 0 Å². The highest BCUT2D eigenvalue weighted by molar-refractivity contribution is 14.1. The van der Waals surface area contributed by atoms with Gasteiger partial charge in [0.05, 0.1) is 10.7 Å². The van der Waals surface area contributed by atoms with E-state index in [1.807, 2.05) is 37.5 Å². The fraction of sp³-hybridized carbons (Fsp3) is 0.250. The van der Waals surface area contributed by atoms with Crippen LogP contribution in [0.4, 0.5) is 5.69 Å². The summed E-state index contributed by atoms with van der Waals surface area (Å²) in [4.78, 5) is 4.18. The predicted molar refractivity (Wildman–Crippen MR) is 79.6 cm³/mol. The molecule has 0 atom stereocenters. The van der Waals surface area contributed by atoms with Crippen molar-refractivity contribution in [2.24, 2.45) is 0 Å². The molecule has 0 aliphatic carbocycles. The number of rotatable bonds is 4. The van der Waals surface area contributed by atoms with Gasteiger partial charge >= 0.3 is 0 Å². The Morgan fingerprint density at radius 1 is 1.47 bits per heavy atom. The number of benzene rings is 1. The molecule has 0 bridgehead atoms. The Balaban J connectivity index is 1.92. The first kappa shape index (κ1) is 12.7. The highest BCUT2D eigenvalue weighted by Gasteiger charge is 2.01. The Bertz CT molecular complexity index is 510. The third-order valence-electron chi connectivity index (χ3n) is 2.52. The van der Waals surface area contributed by atoms with Gasteiger partial charge < -0.3 is 9.88 Å². The van der Waals surface area contributed by atoms with E-state index >= 15 is 0 Å². The van der Waals surface area contributed by atoms with Crippen LogP contribution in [-0.4, -0.2) is 16.1 Å². The minimum atomic E-state index is 0.763. The standard InChI is InChI=1S/C12H13ClIN3/c1-9-15-4-6-17(9)7-5-16-12-3-2-10(14)8-11(12)13/h2-4,6,8,16H,5,7H2,1H3. The van der Waals surface area contributed by atoms with E-state index in [4.69, 9.17) is 11.6 Å². The molecule has 2 aromatic rings. The third-order valence-corrected chi connectivity index (χ3v) is 3.51. The maximum atomic E-state index is 6.13. The fourth-order valence-electron chi connectivity index (χ4n) is 1.58. The summed E-state index contributed by atoms with van der Waals surface area (Å²) in [6.07, 6.45) is 3.79. The Labute approximate surface area is 119 Å². The van der Waals surface area contributed by atoms with Crippen LogP contribution in [0.1, 0.15) is 5.82 Å². The van der Waals surface area contributed by atoms with E-state index in [-0.39, 0.29) is 0 Å². The zero-order valence-corrected chi connectivity index (χ0v) is 12.4. The summed E-state index contributed by atoms with van der Waals surface area (Å²) in [5.41, 5.74) is 0.977. The zero-order chi connectivity index (χ0) is 12.3. The number of imidazole rings is 1. The molecule has 1 heterocycles. The van der Waals surface area contributed by atoms with Crippen molar-refractivity contribution >= 4 is 39.9 Å². The number of hydrogen-bond donors (Lipinski definition) is 1. The molecule has 1 aromatic heterocycles. The van der Waals surface area contributed by atoms with Crippen molar-refractivity contribution < 1.29 is 0 Å². The third kappa shape index (κ3) is 3.35. The van der Waals surface area contributed by atoms with Crippen LogP contribution in [0.2, 0.25) is 5.02 Å². The number of hydrogen-bond acceptors (Lipinski definition) is 2. The molecule has 0 amide bonds. The van der Waals surface area contributed by atoms with Gasteiger partial charge in [0.2, 0.25) is 0 Å². The maximum absolute atomic E-state index is 6.13. The molecule has 17 heavy (non-hydrogen) atoms. The van der Waals surface area contributed by atoms with Gasteiger partial charge in [0.25, 0.3) is 0 Å². The molecule has 0 unspecified atom stereocenters. The van der Waals surface area contributed by atoms with Crippen LogP contribution in [0.5, 0.6) is 0 Å². The highest BCUT2D eigenvalue weighted by Crippen LogP contribution is 2.23. The van der Waals surface area contributed by atoms with Crippen molar-refractivity contribution in [2.75, 3.05) is 11.9 Å². The first-order chi connectivity index (χ1) is 8.16. The first-order valence-electron chi connectivity index (χ1n) is 5.33. The number of aromatic nitrogens is 2. The van der Waals surface area contributed by atoms with Crippen LogP contribution in [0.15, 0.2) is 30.6 Å². The molecule has 0 radical (unpaired) electrons. The predicted octanol–water partition coefficient (Wildman–Crippen LogP) is 3.56. The van der Waals surface area contributed by atoms with Crippen molar-refractivity contribution in [3.63, 3.8) is 0 Å². The summed E-state index contributed by atoms with van der Waals surface area (Å²) in [7, 11) is 0. The molecule has 2 rings (SSSR count). The molecule has 3 nitrogen and oxygen atoms in total. The Morgan fingerprint density at radius 2 is 2.29 bits per heavy atom. The monoisotopic (exact) mass is 361 g/mol. The summed E-state index contributed by atoms with van der Waals surface area (Å²) in [6.45, 7) is 3.71. The van der Waals surface area contributed by atoms with Crippen molar-refractivity contribution in [3.05, 3.63) is 45.0 Å². The van der Waals surface area contributed by atoms with E-state index in [0.29, 0.717) is 0 Å². The van der Waals surface area contributed by atoms with Crippen molar-refractivity contribution in [1.29, 1.82) is 0 Å². The minimum Gasteiger partial charge on any atom is -0.382 e. The zero-order valence-electron chi connectivity index (χ0n) is 9.45. The van der Waals surface area contributed by atoms with Gasteiger partial charge in [-0.2, -0.15) is 0 Å². The van der Waals surface area contributed by atoms with Crippen molar-refractivity contribution in [1.82, 2.24) is 9.55 Å². The van der Waals surface area contributed by atoms with E-state index < -0.39 is 0 Å². The quantitative estimate of drug-likeness (QED) is 0.844. The summed E-state index contributed by atoms with van der Waals surface area (Å²) >= 11 is 8.38. The molecule has 90 valence electrons. The van der Waals surface area contributed by atoms with Crippen LogP contribution in [-0.2, 0) is 6.54 Å². The number of aryl methyl sites for hydroxylation is 1.